The number of para-hydroxylation sites is 1. The van der Waals surface area contributed by atoms with Gasteiger partial charge in [-0.3, -0.25) is 9.59 Å². The second-order valence-electron chi connectivity index (χ2n) is 9.63. The monoisotopic (exact) mass is 482 g/mol. The number of aryl methyl sites for hydroxylation is 1. The Morgan fingerprint density at radius 2 is 1.61 bits per heavy atom. The largest absolute Gasteiger partial charge is 0.368 e. The van der Waals surface area contributed by atoms with Gasteiger partial charge in [-0.2, -0.15) is 0 Å². The van der Waals surface area contributed by atoms with E-state index >= 15 is 0 Å². The average Bonchev–Trinajstić information content (AvgIpc) is 3.18. The number of benzene rings is 3. The van der Waals surface area contributed by atoms with Crippen LogP contribution in [0.1, 0.15) is 57.8 Å². The molecule has 2 aliphatic heterocycles. The number of nitrogens with one attached hydrogen (secondary N) is 1. The minimum Gasteiger partial charge on any atom is -0.368 e. The summed E-state index contributed by atoms with van der Waals surface area (Å²) in [4.78, 5) is 32.4. The number of hydrogen-bond donors (Lipinski definition) is 1. The first-order valence-electron chi connectivity index (χ1n) is 12.9. The molecular formula is C30H34N4O2. The molecule has 1 N–H and O–H groups in total. The highest BCUT2D eigenvalue weighted by atomic mass is 16.2. The molecule has 1 atom stereocenters. The number of amides is 2. The zero-order valence-corrected chi connectivity index (χ0v) is 21.1. The number of rotatable bonds is 7. The van der Waals surface area contributed by atoms with Crippen LogP contribution < -0.4 is 10.2 Å². The first-order chi connectivity index (χ1) is 17.6. The number of hydrogen-bond acceptors (Lipinski definition) is 4. The summed E-state index contributed by atoms with van der Waals surface area (Å²) in [6.07, 6.45) is 1.79. The van der Waals surface area contributed by atoms with Gasteiger partial charge < -0.3 is 20.0 Å². The quantitative estimate of drug-likeness (QED) is 0.495. The van der Waals surface area contributed by atoms with Crippen LogP contribution in [0, 0.1) is 6.92 Å². The summed E-state index contributed by atoms with van der Waals surface area (Å²) in [5, 5.41) is 3.53. The van der Waals surface area contributed by atoms with E-state index < -0.39 is 0 Å². The van der Waals surface area contributed by atoms with E-state index in [1.165, 1.54) is 11.3 Å². The number of fused-ring (bicyclic) bond motifs is 1. The molecule has 1 unspecified atom stereocenters. The molecule has 0 radical (unpaired) electrons. The van der Waals surface area contributed by atoms with E-state index in [1.807, 2.05) is 58.3 Å². The van der Waals surface area contributed by atoms with E-state index in [0.717, 1.165) is 42.7 Å². The van der Waals surface area contributed by atoms with Gasteiger partial charge >= 0.3 is 0 Å². The Bertz CT molecular complexity index is 1230. The molecule has 3 aromatic rings. The SMILES string of the molecule is CCCCN1C(=O)c2ccccc2C1Nc1ccc(C(=O)N2CCN(c3ccccc3C)CC2)cc1. The van der Waals surface area contributed by atoms with Crippen LogP contribution in [0.5, 0.6) is 0 Å². The Labute approximate surface area is 213 Å². The van der Waals surface area contributed by atoms with Crippen molar-refractivity contribution in [1.29, 1.82) is 0 Å². The summed E-state index contributed by atoms with van der Waals surface area (Å²) in [6, 6.07) is 23.9. The summed E-state index contributed by atoms with van der Waals surface area (Å²) in [5.41, 5.74) is 5.87. The molecule has 0 bridgehead atoms. The van der Waals surface area contributed by atoms with Crippen molar-refractivity contribution < 1.29 is 9.59 Å². The van der Waals surface area contributed by atoms with Crippen LogP contribution in [0.4, 0.5) is 11.4 Å². The first kappa shape index (κ1) is 23.9. The third-order valence-corrected chi connectivity index (χ3v) is 7.27. The van der Waals surface area contributed by atoms with Gasteiger partial charge in [-0.25, -0.2) is 0 Å². The fraction of sp³-hybridized carbons (Fsp3) is 0.333. The smallest absolute Gasteiger partial charge is 0.256 e. The van der Waals surface area contributed by atoms with Crippen molar-refractivity contribution in [3.63, 3.8) is 0 Å². The fourth-order valence-electron chi connectivity index (χ4n) is 5.20. The summed E-state index contributed by atoms with van der Waals surface area (Å²) in [5.74, 6) is 0.144. The van der Waals surface area contributed by atoms with Crippen LogP contribution in [0.3, 0.4) is 0 Å². The predicted octanol–water partition coefficient (Wildman–Crippen LogP) is 5.32. The molecule has 5 rings (SSSR count). The van der Waals surface area contributed by atoms with Gasteiger partial charge in [0.15, 0.2) is 0 Å². The maximum Gasteiger partial charge on any atom is 0.256 e. The summed E-state index contributed by atoms with van der Waals surface area (Å²) in [6.45, 7) is 8.06. The van der Waals surface area contributed by atoms with E-state index in [9.17, 15) is 9.59 Å². The molecule has 3 aromatic carbocycles. The van der Waals surface area contributed by atoms with E-state index in [2.05, 4.69) is 48.3 Å². The maximum atomic E-state index is 13.2. The highest BCUT2D eigenvalue weighted by Gasteiger charge is 2.36. The second kappa shape index (κ2) is 10.4. The van der Waals surface area contributed by atoms with Crippen molar-refractivity contribution in [1.82, 2.24) is 9.80 Å². The van der Waals surface area contributed by atoms with Crippen molar-refractivity contribution in [2.24, 2.45) is 0 Å². The fourth-order valence-corrected chi connectivity index (χ4v) is 5.20. The van der Waals surface area contributed by atoms with Crippen LogP contribution >= 0.6 is 0 Å². The molecule has 2 amide bonds. The highest BCUT2D eigenvalue weighted by molar-refractivity contribution is 5.99. The van der Waals surface area contributed by atoms with Crippen LogP contribution in [-0.4, -0.2) is 54.3 Å². The van der Waals surface area contributed by atoms with Crippen LogP contribution in [0.15, 0.2) is 72.8 Å². The Morgan fingerprint density at radius 1 is 0.917 bits per heavy atom. The lowest BCUT2D eigenvalue weighted by molar-refractivity contribution is 0.0736. The third kappa shape index (κ3) is 4.68. The minimum absolute atomic E-state index is 0.0666. The number of carbonyl (C=O) groups excluding carboxylic acids is 2. The molecule has 0 saturated carbocycles. The minimum atomic E-state index is -0.198. The molecule has 36 heavy (non-hydrogen) atoms. The van der Waals surface area contributed by atoms with Crippen molar-refractivity contribution in [2.75, 3.05) is 42.9 Å². The molecule has 186 valence electrons. The van der Waals surface area contributed by atoms with Crippen molar-refractivity contribution in [2.45, 2.75) is 32.9 Å². The first-order valence-corrected chi connectivity index (χ1v) is 12.9. The third-order valence-electron chi connectivity index (χ3n) is 7.27. The molecule has 1 fully saturated rings. The van der Waals surface area contributed by atoms with Gasteiger partial charge in [-0.15, -0.1) is 0 Å². The molecule has 6 heteroatoms. The van der Waals surface area contributed by atoms with E-state index in [-0.39, 0.29) is 18.0 Å². The number of piperazine rings is 1. The average molecular weight is 483 g/mol. The summed E-state index contributed by atoms with van der Waals surface area (Å²) >= 11 is 0. The Hall–Kier alpha value is -3.80. The van der Waals surface area contributed by atoms with Gasteiger partial charge in [0.1, 0.15) is 6.17 Å². The predicted molar refractivity (Wildman–Crippen MR) is 144 cm³/mol. The van der Waals surface area contributed by atoms with E-state index in [0.29, 0.717) is 25.2 Å². The number of anilines is 2. The van der Waals surface area contributed by atoms with Gasteiger partial charge in [-0.1, -0.05) is 49.7 Å². The molecular weight excluding hydrogens is 448 g/mol. The van der Waals surface area contributed by atoms with Crippen LogP contribution in [0.2, 0.25) is 0 Å². The Balaban J connectivity index is 1.24. The zero-order chi connectivity index (χ0) is 25.1. The second-order valence-corrected chi connectivity index (χ2v) is 9.63. The normalized spacial score (nSPS) is 17.3. The van der Waals surface area contributed by atoms with Gasteiger partial charge in [-0.05, 0) is 55.3 Å². The molecule has 2 heterocycles. The van der Waals surface area contributed by atoms with Crippen molar-refractivity contribution in [3.05, 3.63) is 95.1 Å². The Morgan fingerprint density at radius 3 is 2.33 bits per heavy atom. The van der Waals surface area contributed by atoms with E-state index in [4.69, 9.17) is 0 Å². The topological polar surface area (TPSA) is 55.9 Å². The molecule has 0 aliphatic carbocycles. The summed E-state index contributed by atoms with van der Waals surface area (Å²) < 4.78 is 0. The van der Waals surface area contributed by atoms with Gasteiger partial charge in [0.25, 0.3) is 11.8 Å². The molecule has 6 nitrogen and oxygen atoms in total. The van der Waals surface area contributed by atoms with Gasteiger partial charge in [0.2, 0.25) is 0 Å². The molecule has 0 aromatic heterocycles. The number of unbranched alkanes of at least 4 members (excludes halogenated alkanes) is 1. The maximum absolute atomic E-state index is 13.2. The lowest BCUT2D eigenvalue weighted by Crippen LogP contribution is -2.49. The van der Waals surface area contributed by atoms with Gasteiger partial charge in [0, 0.05) is 60.8 Å². The van der Waals surface area contributed by atoms with E-state index in [1.54, 1.807) is 0 Å². The molecule has 0 spiro atoms. The molecule has 2 aliphatic rings. The molecule has 1 saturated heterocycles. The Kier molecular flexibility index (Phi) is 6.94. The number of nitrogens with zero attached hydrogens (tertiary/aromatic N) is 3. The number of carbonyl (C=O) groups is 2. The van der Waals surface area contributed by atoms with Crippen molar-refractivity contribution in [3.8, 4) is 0 Å². The highest BCUT2D eigenvalue weighted by Crippen LogP contribution is 2.34. The lowest BCUT2D eigenvalue weighted by Gasteiger charge is -2.36. The van der Waals surface area contributed by atoms with Crippen LogP contribution in [0.25, 0.3) is 0 Å². The zero-order valence-electron chi connectivity index (χ0n) is 21.1. The van der Waals surface area contributed by atoms with Gasteiger partial charge in [0.05, 0.1) is 0 Å². The van der Waals surface area contributed by atoms with Crippen LogP contribution in [-0.2, 0) is 0 Å². The lowest BCUT2D eigenvalue weighted by atomic mass is 10.1. The standard InChI is InChI=1S/C30H34N4O2/c1-3-4-17-34-28(25-10-6-7-11-26(25)30(34)36)31-24-15-13-23(14-16-24)29(35)33-20-18-32(19-21-33)27-12-8-5-9-22(27)2/h5-16,28,31H,3-4,17-21H2,1-2H3. The van der Waals surface area contributed by atoms with Crippen molar-refractivity contribution >= 4 is 23.2 Å². The summed E-state index contributed by atoms with van der Waals surface area (Å²) in [7, 11) is 0.